The summed E-state index contributed by atoms with van der Waals surface area (Å²) < 4.78 is 0. The van der Waals surface area contributed by atoms with Crippen molar-refractivity contribution in [2.24, 2.45) is 0 Å². The molecule has 1 aromatic carbocycles. The van der Waals surface area contributed by atoms with E-state index in [1.807, 2.05) is 38.4 Å². The molecule has 0 fully saturated rings. The number of nitrogens with one attached hydrogen (secondary N) is 1. The minimum absolute atomic E-state index is 0.368. The molecule has 26 heavy (non-hydrogen) atoms. The second-order valence-electron chi connectivity index (χ2n) is 6.22. The van der Waals surface area contributed by atoms with Crippen molar-refractivity contribution in [1.29, 1.82) is 5.26 Å². The molecule has 7 heteroatoms. The average Bonchev–Trinajstić information content (AvgIpc) is 2.62. The predicted octanol–water partition coefficient (Wildman–Crippen LogP) is 3.79. The number of rotatable bonds is 6. The van der Waals surface area contributed by atoms with Gasteiger partial charge in [-0.05, 0) is 51.0 Å². The van der Waals surface area contributed by atoms with Crippen LogP contribution in [0, 0.1) is 11.3 Å². The first-order valence-corrected chi connectivity index (χ1v) is 8.66. The Hall–Kier alpha value is -2.75. The first-order valence-electron chi connectivity index (χ1n) is 8.29. The number of aryl methyl sites for hydroxylation is 1. The molecular formula is C19H19ClN6. The highest BCUT2D eigenvalue weighted by molar-refractivity contribution is 6.35. The van der Waals surface area contributed by atoms with Crippen molar-refractivity contribution in [1.82, 2.24) is 19.9 Å². The van der Waals surface area contributed by atoms with E-state index in [1.165, 1.54) is 0 Å². The monoisotopic (exact) mass is 366 g/mol. The summed E-state index contributed by atoms with van der Waals surface area (Å²) in [6.45, 7) is 0.928. The molecule has 0 bridgehead atoms. The zero-order valence-corrected chi connectivity index (χ0v) is 15.5. The Morgan fingerprint density at radius 3 is 2.81 bits per heavy atom. The first kappa shape index (κ1) is 18.1. The Morgan fingerprint density at radius 2 is 2.04 bits per heavy atom. The highest BCUT2D eigenvalue weighted by atomic mass is 35.5. The van der Waals surface area contributed by atoms with Crippen molar-refractivity contribution in [3.8, 4) is 6.07 Å². The van der Waals surface area contributed by atoms with Gasteiger partial charge in [0.15, 0.2) is 5.69 Å². The van der Waals surface area contributed by atoms with Gasteiger partial charge in [0.1, 0.15) is 17.7 Å². The molecular weight excluding hydrogens is 348 g/mol. The van der Waals surface area contributed by atoms with Crippen molar-refractivity contribution < 1.29 is 0 Å². The van der Waals surface area contributed by atoms with Gasteiger partial charge >= 0.3 is 0 Å². The summed E-state index contributed by atoms with van der Waals surface area (Å²) in [5, 5.41) is 15.0. The van der Waals surface area contributed by atoms with Gasteiger partial charge in [0.05, 0.1) is 11.9 Å². The third kappa shape index (κ3) is 4.26. The smallest absolute Gasteiger partial charge is 0.162 e. The molecule has 0 radical (unpaired) electrons. The van der Waals surface area contributed by atoms with E-state index in [9.17, 15) is 5.26 Å². The summed E-state index contributed by atoms with van der Waals surface area (Å²) >= 11 is 6.18. The van der Waals surface area contributed by atoms with E-state index >= 15 is 0 Å². The van der Waals surface area contributed by atoms with Crippen LogP contribution in [0.5, 0.6) is 0 Å². The fraction of sp³-hybridized carbons (Fsp3) is 0.263. The first-order chi connectivity index (χ1) is 12.6. The molecule has 6 nitrogen and oxygen atoms in total. The SMILES string of the molecule is CN(C)CCCc1nc(Nc2cc3cccc(Cl)c3cn2)cnc1C#N. The van der Waals surface area contributed by atoms with Gasteiger partial charge in [-0.1, -0.05) is 23.7 Å². The highest BCUT2D eigenvalue weighted by Crippen LogP contribution is 2.25. The van der Waals surface area contributed by atoms with Crippen LogP contribution >= 0.6 is 11.6 Å². The summed E-state index contributed by atoms with van der Waals surface area (Å²) in [4.78, 5) is 15.3. The standard InChI is InChI=1S/C19H19ClN6/c1-26(2)8-4-7-16-17(10-21)22-12-19(24-16)25-18-9-13-5-3-6-15(20)14(13)11-23-18/h3,5-6,9,11-12H,4,7-8H2,1-2H3,(H,23,24,25). The van der Waals surface area contributed by atoms with Gasteiger partial charge < -0.3 is 10.2 Å². The molecule has 0 atom stereocenters. The minimum atomic E-state index is 0.368. The molecule has 0 spiro atoms. The van der Waals surface area contributed by atoms with Crippen molar-refractivity contribution in [3.63, 3.8) is 0 Å². The Labute approximate surface area is 157 Å². The highest BCUT2D eigenvalue weighted by Gasteiger charge is 2.09. The fourth-order valence-corrected chi connectivity index (χ4v) is 2.88. The summed E-state index contributed by atoms with van der Waals surface area (Å²) in [5.74, 6) is 1.22. The van der Waals surface area contributed by atoms with Crippen LogP contribution in [-0.2, 0) is 6.42 Å². The van der Waals surface area contributed by atoms with Crippen LogP contribution in [0.1, 0.15) is 17.8 Å². The van der Waals surface area contributed by atoms with Gasteiger partial charge in [0, 0.05) is 16.6 Å². The molecule has 2 heterocycles. The molecule has 0 saturated heterocycles. The minimum Gasteiger partial charge on any atom is -0.324 e. The third-order valence-electron chi connectivity index (χ3n) is 3.94. The Morgan fingerprint density at radius 1 is 1.19 bits per heavy atom. The van der Waals surface area contributed by atoms with Crippen molar-refractivity contribution in [3.05, 3.63) is 53.1 Å². The van der Waals surface area contributed by atoms with Crippen LogP contribution in [0.2, 0.25) is 5.02 Å². The van der Waals surface area contributed by atoms with Crippen LogP contribution < -0.4 is 5.32 Å². The number of hydrogen-bond acceptors (Lipinski definition) is 6. The molecule has 2 aromatic heterocycles. The van der Waals surface area contributed by atoms with Gasteiger partial charge in [-0.2, -0.15) is 5.26 Å². The second kappa shape index (κ2) is 8.09. The van der Waals surface area contributed by atoms with Gasteiger partial charge in [-0.25, -0.2) is 15.0 Å². The molecule has 0 aliphatic carbocycles. The molecule has 0 saturated carbocycles. The predicted molar refractivity (Wildman–Crippen MR) is 104 cm³/mol. The Bertz CT molecular complexity index is 964. The number of fused-ring (bicyclic) bond motifs is 1. The lowest BCUT2D eigenvalue weighted by molar-refractivity contribution is 0.399. The molecule has 0 amide bonds. The number of pyridine rings is 1. The lowest BCUT2D eigenvalue weighted by atomic mass is 10.2. The molecule has 0 aliphatic rings. The van der Waals surface area contributed by atoms with Crippen LogP contribution in [0.15, 0.2) is 36.7 Å². The summed E-state index contributed by atoms with van der Waals surface area (Å²) in [5.41, 5.74) is 1.07. The van der Waals surface area contributed by atoms with Crippen molar-refractivity contribution in [2.75, 3.05) is 26.0 Å². The summed E-state index contributed by atoms with van der Waals surface area (Å²) in [7, 11) is 4.04. The van der Waals surface area contributed by atoms with Crippen LogP contribution in [0.4, 0.5) is 11.6 Å². The lowest BCUT2D eigenvalue weighted by Crippen LogP contribution is -2.14. The second-order valence-corrected chi connectivity index (χ2v) is 6.63. The number of anilines is 2. The maximum absolute atomic E-state index is 9.24. The van der Waals surface area contributed by atoms with Gasteiger partial charge in [0.25, 0.3) is 0 Å². The lowest BCUT2D eigenvalue weighted by Gasteiger charge is -2.11. The number of aromatic nitrogens is 3. The maximum Gasteiger partial charge on any atom is 0.162 e. The summed E-state index contributed by atoms with van der Waals surface area (Å²) in [6, 6.07) is 9.74. The van der Waals surface area contributed by atoms with Crippen molar-refractivity contribution >= 4 is 34.0 Å². The van der Waals surface area contributed by atoms with Gasteiger partial charge in [0.2, 0.25) is 0 Å². The van der Waals surface area contributed by atoms with Gasteiger partial charge in [-0.3, -0.25) is 0 Å². The van der Waals surface area contributed by atoms with Crippen LogP contribution in [0.25, 0.3) is 10.8 Å². The van der Waals surface area contributed by atoms with E-state index in [4.69, 9.17) is 11.6 Å². The molecule has 1 N–H and O–H groups in total. The fourth-order valence-electron chi connectivity index (χ4n) is 2.65. The maximum atomic E-state index is 9.24. The van der Waals surface area contributed by atoms with E-state index in [1.54, 1.807) is 12.4 Å². The quantitative estimate of drug-likeness (QED) is 0.715. The van der Waals surface area contributed by atoms with E-state index in [0.717, 1.165) is 23.7 Å². The number of nitriles is 1. The molecule has 0 unspecified atom stereocenters. The average molecular weight is 367 g/mol. The Balaban J connectivity index is 1.82. The summed E-state index contributed by atoms with van der Waals surface area (Å²) in [6.07, 6.45) is 4.89. The van der Waals surface area contributed by atoms with Gasteiger partial charge in [-0.15, -0.1) is 0 Å². The number of halogens is 1. The normalized spacial score (nSPS) is 10.9. The van der Waals surface area contributed by atoms with E-state index in [2.05, 4.69) is 31.2 Å². The topological polar surface area (TPSA) is 77.7 Å². The number of hydrogen-bond donors (Lipinski definition) is 1. The largest absolute Gasteiger partial charge is 0.324 e. The molecule has 0 aliphatic heterocycles. The zero-order chi connectivity index (χ0) is 18.5. The van der Waals surface area contributed by atoms with Crippen molar-refractivity contribution in [2.45, 2.75) is 12.8 Å². The number of benzene rings is 1. The molecule has 3 aromatic rings. The van der Waals surface area contributed by atoms with E-state index in [0.29, 0.717) is 34.5 Å². The third-order valence-corrected chi connectivity index (χ3v) is 4.27. The molecule has 132 valence electrons. The van der Waals surface area contributed by atoms with E-state index < -0.39 is 0 Å². The zero-order valence-electron chi connectivity index (χ0n) is 14.7. The van der Waals surface area contributed by atoms with Crippen LogP contribution in [-0.4, -0.2) is 40.5 Å². The Kier molecular flexibility index (Phi) is 5.61. The number of nitrogens with zero attached hydrogens (tertiary/aromatic N) is 5. The molecule has 3 rings (SSSR count). The van der Waals surface area contributed by atoms with E-state index in [-0.39, 0.29) is 0 Å². The van der Waals surface area contributed by atoms with Crippen LogP contribution in [0.3, 0.4) is 0 Å².